The summed E-state index contributed by atoms with van der Waals surface area (Å²) in [7, 11) is -5.96. The first-order valence-corrected chi connectivity index (χ1v) is 6.85. The van der Waals surface area contributed by atoms with Gasteiger partial charge in [-0.3, -0.25) is 4.18 Å². The van der Waals surface area contributed by atoms with Gasteiger partial charge in [-0.2, -0.15) is 8.42 Å². The smallest absolute Gasteiger partial charge is 0.274 e. The van der Waals surface area contributed by atoms with Crippen molar-refractivity contribution in [1.82, 2.24) is 0 Å². The summed E-state index contributed by atoms with van der Waals surface area (Å²) in [5, 5.41) is 0. The summed E-state index contributed by atoms with van der Waals surface area (Å²) in [4.78, 5) is 0. The van der Waals surface area contributed by atoms with E-state index >= 15 is 0 Å². The first-order chi connectivity index (χ1) is 6.02. The van der Waals surface area contributed by atoms with Crippen LogP contribution in [0.5, 0.6) is 0 Å². The molecule has 0 spiro atoms. The third kappa shape index (κ3) is 6.59. The minimum absolute atomic E-state index is 0.0126. The van der Waals surface area contributed by atoms with Crippen LogP contribution in [0.25, 0.3) is 0 Å². The molecule has 74 valence electrons. The summed E-state index contributed by atoms with van der Waals surface area (Å²) in [6, 6.07) is 0. The monoisotopic (exact) mass is 222 g/mol. The third-order valence-electron chi connectivity index (χ3n) is 1.00. The van der Waals surface area contributed by atoms with E-state index in [1.807, 2.05) is 0 Å². The largest absolute Gasteiger partial charge is 0.325 e. The Labute approximate surface area is 78.9 Å². The molecule has 6 heteroatoms. The van der Waals surface area contributed by atoms with Crippen LogP contribution in [-0.4, -0.2) is 26.7 Å². The highest BCUT2D eigenvalue weighted by Crippen LogP contribution is 2.22. The lowest BCUT2D eigenvalue weighted by atomic mass is 10.7. The fraction of sp³-hybridized carbons (Fsp3) is 0.429. The highest BCUT2D eigenvalue weighted by molar-refractivity contribution is 7.92. The highest BCUT2D eigenvalue weighted by atomic mass is 32.2. The Balaban J connectivity index is 4.11. The molecule has 0 N–H and O–H groups in total. The average Bonchev–Trinajstić information content (AvgIpc) is 2.00. The molecule has 1 atom stereocenters. The van der Waals surface area contributed by atoms with Crippen LogP contribution < -0.4 is 0 Å². The Morgan fingerprint density at radius 2 is 2.23 bits per heavy atom. The summed E-state index contributed by atoms with van der Waals surface area (Å²) in [6.07, 6.45) is 6.16. The Hall–Kier alpha value is -0.560. The van der Waals surface area contributed by atoms with Crippen LogP contribution in [-0.2, 0) is 18.9 Å². The average molecular weight is 222 g/mol. The van der Waals surface area contributed by atoms with Crippen LogP contribution in [0, 0.1) is 12.3 Å². The predicted octanol–water partition coefficient (Wildman–Crippen LogP) is 0.669. The molecule has 0 amide bonds. The summed E-state index contributed by atoms with van der Waals surface area (Å²) in [6.45, 7) is 3.18. The lowest BCUT2D eigenvalue weighted by Crippen LogP contribution is -2.08. The van der Waals surface area contributed by atoms with E-state index in [-0.39, 0.29) is 12.8 Å². The van der Waals surface area contributed by atoms with Gasteiger partial charge in [-0.15, -0.1) is 13.0 Å². The van der Waals surface area contributed by atoms with Crippen LogP contribution in [0.1, 0.15) is 0 Å². The van der Waals surface area contributed by atoms with Gasteiger partial charge in [0.25, 0.3) is 10.1 Å². The molecule has 0 aliphatic carbocycles. The first kappa shape index (κ1) is 12.4. The number of terminal acetylenes is 1. The van der Waals surface area contributed by atoms with Crippen LogP contribution >= 0.6 is 7.80 Å². The van der Waals surface area contributed by atoms with Crippen molar-refractivity contribution in [3.05, 3.63) is 12.7 Å². The quantitative estimate of drug-likeness (QED) is 0.287. The van der Waals surface area contributed by atoms with E-state index in [0.717, 1.165) is 0 Å². The molecule has 0 aromatic rings. The molecule has 0 rings (SSSR count). The zero-order valence-corrected chi connectivity index (χ0v) is 8.84. The maximum atomic E-state index is 11.0. The topological polar surface area (TPSA) is 60.4 Å². The van der Waals surface area contributed by atoms with E-state index in [9.17, 15) is 13.0 Å². The molecule has 0 bridgehead atoms. The van der Waals surface area contributed by atoms with Crippen molar-refractivity contribution < 1.29 is 17.2 Å². The summed E-state index contributed by atoms with van der Waals surface area (Å²) < 4.78 is 37.3. The molecule has 0 aliphatic heterocycles. The van der Waals surface area contributed by atoms with Crippen molar-refractivity contribution in [2.24, 2.45) is 0 Å². The van der Waals surface area contributed by atoms with Crippen LogP contribution in [0.15, 0.2) is 12.7 Å². The standard InChI is InChI=1S/C7H11O4PS/c1-3-5-11-13(9,10)7-12(8)6-4-2/h2-3,12H,1,5-7H2. The molecule has 4 nitrogen and oxygen atoms in total. The molecule has 0 aromatic heterocycles. The normalized spacial score (nSPS) is 13.2. The highest BCUT2D eigenvalue weighted by Gasteiger charge is 2.14. The van der Waals surface area contributed by atoms with Crippen LogP contribution in [0.2, 0.25) is 0 Å². The first-order valence-electron chi connectivity index (χ1n) is 3.45. The Morgan fingerprint density at radius 3 is 2.69 bits per heavy atom. The Morgan fingerprint density at radius 1 is 1.62 bits per heavy atom. The third-order valence-corrected chi connectivity index (χ3v) is 4.80. The number of hydrogen-bond donors (Lipinski definition) is 0. The van der Waals surface area contributed by atoms with Gasteiger partial charge in [0.15, 0.2) is 0 Å². The van der Waals surface area contributed by atoms with E-state index in [4.69, 9.17) is 6.42 Å². The van der Waals surface area contributed by atoms with Crippen molar-refractivity contribution in [2.45, 2.75) is 0 Å². The number of hydrogen-bond acceptors (Lipinski definition) is 4. The van der Waals surface area contributed by atoms with Crippen LogP contribution in [0.4, 0.5) is 0 Å². The molecule has 13 heavy (non-hydrogen) atoms. The second kappa shape index (κ2) is 5.98. The lowest BCUT2D eigenvalue weighted by molar-refractivity contribution is 0.360. The van der Waals surface area contributed by atoms with Gasteiger partial charge in [0.05, 0.1) is 12.8 Å². The molecule has 0 aliphatic rings. The Kier molecular flexibility index (Phi) is 5.72. The van der Waals surface area contributed by atoms with Gasteiger partial charge in [0.2, 0.25) is 0 Å². The molecule has 0 radical (unpaired) electrons. The minimum Gasteiger partial charge on any atom is -0.325 e. The maximum absolute atomic E-state index is 11.0. The van der Waals surface area contributed by atoms with E-state index < -0.39 is 23.4 Å². The number of rotatable bonds is 6. The predicted molar refractivity (Wildman–Crippen MR) is 52.6 cm³/mol. The molecule has 0 fully saturated rings. The molecular formula is C7H11O4PS. The van der Waals surface area contributed by atoms with E-state index in [0.29, 0.717) is 0 Å². The summed E-state index contributed by atoms with van der Waals surface area (Å²) in [5.41, 5.74) is -0.490. The fourth-order valence-electron chi connectivity index (χ4n) is 0.555. The molecule has 0 aromatic carbocycles. The minimum atomic E-state index is -3.70. The molecule has 0 saturated heterocycles. The maximum Gasteiger partial charge on any atom is 0.274 e. The molecule has 0 saturated carbocycles. The van der Waals surface area contributed by atoms with Crippen LogP contribution in [0.3, 0.4) is 0 Å². The molecule has 0 heterocycles. The molecule has 1 unspecified atom stereocenters. The van der Waals surface area contributed by atoms with Gasteiger partial charge < -0.3 is 4.57 Å². The van der Waals surface area contributed by atoms with Gasteiger partial charge in [-0.25, -0.2) is 0 Å². The zero-order valence-electron chi connectivity index (χ0n) is 7.02. The van der Waals surface area contributed by atoms with Gasteiger partial charge in [0.1, 0.15) is 13.3 Å². The SMILES string of the molecule is C#CC[PH](=O)CS(=O)(=O)OCC=C. The van der Waals surface area contributed by atoms with Gasteiger partial charge >= 0.3 is 0 Å². The second-order valence-corrected chi connectivity index (χ2v) is 6.13. The van der Waals surface area contributed by atoms with Crippen molar-refractivity contribution >= 4 is 17.9 Å². The van der Waals surface area contributed by atoms with Crippen molar-refractivity contribution in [1.29, 1.82) is 0 Å². The van der Waals surface area contributed by atoms with E-state index in [1.54, 1.807) is 0 Å². The van der Waals surface area contributed by atoms with Crippen molar-refractivity contribution in [2.75, 3.05) is 18.3 Å². The second-order valence-electron chi connectivity index (χ2n) is 2.19. The van der Waals surface area contributed by atoms with Gasteiger partial charge in [-0.1, -0.05) is 12.0 Å². The van der Waals surface area contributed by atoms with E-state index in [1.165, 1.54) is 6.08 Å². The van der Waals surface area contributed by atoms with E-state index in [2.05, 4.69) is 16.7 Å². The summed E-state index contributed by atoms with van der Waals surface area (Å²) in [5.74, 6) is 2.14. The van der Waals surface area contributed by atoms with Crippen molar-refractivity contribution in [3.8, 4) is 12.3 Å². The van der Waals surface area contributed by atoms with Crippen molar-refractivity contribution in [3.63, 3.8) is 0 Å². The zero-order chi connectivity index (χ0) is 10.3. The van der Waals surface area contributed by atoms with Gasteiger partial charge in [-0.05, 0) is 0 Å². The van der Waals surface area contributed by atoms with Gasteiger partial charge in [0, 0.05) is 0 Å². The fourth-order valence-corrected chi connectivity index (χ4v) is 3.41. The lowest BCUT2D eigenvalue weighted by Gasteiger charge is -2.01. The Bertz CT molecular complexity index is 325. The summed E-state index contributed by atoms with van der Waals surface area (Å²) >= 11 is 0. The molecular weight excluding hydrogens is 211 g/mol.